The van der Waals surface area contributed by atoms with E-state index in [-0.39, 0.29) is 5.91 Å². The summed E-state index contributed by atoms with van der Waals surface area (Å²) in [4.78, 5) is 11.7. The number of fused-ring (bicyclic) bond motifs is 1. The molecule has 0 atom stereocenters. The van der Waals surface area contributed by atoms with Crippen LogP contribution in [0.4, 0.5) is 0 Å². The van der Waals surface area contributed by atoms with Gasteiger partial charge in [-0.15, -0.1) is 0 Å². The highest BCUT2D eigenvalue weighted by molar-refractivity contribution is 5.75. The molecule has 22 heavy (non-hydrogen) atoms. The van der Waals surface area contributed by atoms with Gasteiger partial charge in [-0.2, -0.15) is 0 Å². The number of hydrogen-bond acceptors (Lipinski definition) is 4. The number of nitrogens with one attached hydrogen (secondary N) is 1. The maximum atomic E-state index is 11.7. The summed E-state index contributed by atoms with van der Waals surface area (Å²) in [6, 6.07) is 5.95. The van der Waals surface area contributed by atoms with Gasteiger partial charge in [0.2, 0.25) is 5.91 Å². The summed E-state index contributed by atoms with van der Waals surface area (Å²) in [6.07, 6.45) is 5.58. The Kier molecular flexibility index (Phi) is 7.03. The first-order valence-corrected chi connectivity index (χ1v) is 8.15. The van der Waals surface area contributed by atoms with Gasteiger partial charge in [-0.3, -0.25) is 4.79 Å². The first-order valence-electron chi connectivity index (χ1n) is 8.15. The van der Waals surface area contributed by atoms with Crippen molar-refractivity contribution in [3.05, 3.63) is 23.8 Å². The van der Waals surface area contributed by atoms with Crippen LogP contribution in [0.3, 0.4) is 0 Å². The highest BCUT2D eigenvalue weighted by Crippen LogP contribution is 2.30. The Bertz CT molecular complexity index is 477. The number of benzene rings is 1. The fraction of sp³-hybridized carbons (Fsp3) is 0.588. The summed E-state index contributed by atoms with van der Waals surface area (Å²) in [5, 5.41) is 2.97. The minimum atomic E-state index is 0.130. The third kappa shape index (κ3) is 5.56. The van der Waals surface area contributed by atoms with Crippen LogP contribution in [0.15, 0.2) is 18.2 Å². The van der Waals surface area contributed by atoms with Gasteiger partial charge >= 0.3 is 0 Å². The lowest BCUT2D eigenvalue weighted by atomic mass is 10.1. The van der Waals surface area contributed by atoms with Crippen molar-refractivity contribution in [2.24, 2.45) is 5.73 Å². The fourth-order valence-corrected chi connectivity index (χ4v) is 2.46. The summed E-state index contributed by atoms with van der Waals surface area (Å²) < 4.78 is 11.0. The molecule has 1 amide bonds. The van der Waals surface area contributed by atoms with Crippen molar-refractivity contribution in [3.8, 4) is 11.5 Å². The third-order valence-electron chi connectivity index (χ3n) is 3.70. The number of ether oxygens (including phenoxy) is 2. The van der Waals surface area contributed by atoms with Crippen molar-refractivity contribution in [1.29, 1.82) is 0 Å². The Balaban J connectivity index is 1.62. The Labute approximate surface area is 132 Å². The van der Waals surface area contributed by atoms with Crippen LogP contribution in [-0.2, 0) is 11.2 Å². The summed E-state index contributed by atoms with van der Waals surface area (Å²) >= 11 is 0. The molecule has 0 saturated carbocycles. The molecule has 0 spiro atoms. The van der Waals surface area contributed by atoms with Gasteiger partial charge in [0.05, 0.1) is 0 Å². The van der Waals surface area contributed by atoms with Gasteiger partial charge in [0.1, 0.15) is 13.2 Å². The molecule has 0 aliphatic carbocycles. The van der Waals surface area contributed by atoms with E-state index in [1.807, 2.05) is 18.2 Å². The molecule has 0 unspecified atom stereocenters. The molecule has 1 aromatic carbocycles. The summed E-state index contributed by atoms with van der Waals surface area (Å²) in [5.74, 6) is 1.73. The Morgan fingerprint density at radius 1 is 1.09 bits per heavy atom. The molecule has 122 valence electrons. The quantitative estimate of drug-likeness (QED) is 0.685. The Morgan fingerprint density at radius 2 is 1.86 bits per heavy atom. The van der Waals surface area contributed by atoms with Crippen LogP contribution in [0.2, 0.25) is 0 Å². The van der Waals surface area contributed by atoms with E-state index in [0.29, 0.717) is 26.2 Å². The zero-order valence-electron chi connectivity index (χ0n) is 13.1. The SMILES string of the molecule is NCCCCCCC(=O)NCCc1ccc2c(c1)OCCO2. The molecule has 0 saturated heterocycles. The fourth-order valence-electron chi connectivity index (χ4n) is 2.46. The van der Waals surface area contributed by atoms with E-state index in [1.165, 1.54) is 0 Å². The molecule has 5 nitrogen and oxygen atoms in total. The van der Waals surface area contributed by atoms with Crippen molar-refractivity contribution in [3.63, 3.8) is 0 Å². The Hall–Kier alpha value is -1.75. The van der Waals surface area contributed by atoms with Gasteiger partial charge in [0, 0.05) is 13.0 Å². The smallest absolute Gasteiger partial charge is 0.220 e. The predicted octanol–water partition coefficient (Wildman–Crippen LogP) is 2.03. The van der Waals surface area contributed by atoms with Crippen molar-refractivity contribution < 1.29 is 14.3 Å². The zero-order valence-corrected chi connectivity index (χ0v) is 13.1. The number of rotatable bonds is 9. The van der Waals surface area contributed by atoms with Gasteiger partial charge in [0.15, 0.2) is 11.5 Å². The predicted molar refractivity (Wildman–Crippen MR) is 86.3 cm³/mol. The maximum Gasteiger partial charge on any atom is 0.220 e. The number of nitrogens with two attached hydrogens (primary N) is 1. The van der Waals surface area contributed by atoms with Crippen LogP contribution in [0.25, 0.3) is 0 Å². The van der Waals surface area contributed by atoms with Crippen LogP contribution in [-0.4, -0.2) is 32.2 Å². The largest absolute Gasteiger partial charge is 0.486 e. The highest BCUT2D eigenvalue weighted by Gasteiger charge is 2.11. The molecule has 5 heteroatoms. The van der Waals surface area contributed by atoms with E-state index >= 15 is 0 Å². The molecular weight excluding hydrogens is 280 g/mol. The summed E-state index contributed by atoms with van der Waals surface area (Å²) in [5.41, 5.74) is 6.58. The van der Waals surface area contributed by atoms with E-state index in [9.17, 15) is 4.79 Å². The Morgan fingerprint density at radius 3 is 2.68 bits per heavy atom. The molecule has 0 fully saturated rings. The molecular formula is C17H26N2O3. The second kappa shape index (κ2) is 9.30. The van der Waals surface area contributed by atoms with Crippen LogP contribution >= 0.6 is 0 Å². The van der Waals surface area contributed by atoms with E-state index in [2.05, 4.69) is 5.32 Å². The summed E-state index contributed by atoms with van der Waals surface area (Å²) in [7, 11) is 0. The molecule has 0 aromatic heterocycles. The maximum absolute atomic E-state index is 11.7. The van der Waals surface area contributed by atoms with Crippen molar-refractivity contribution in [2.45, 2.75) is 38.5 Å². The van der Waals surface area contributed by atoms with Crippen molar-refractivity contribution >= 4 is 5.91 Å². The lowest BCUT2D eigenvalue weighted by Gasteiger charge is -2.18. The van der Waals surface area contributed by atoms with Crippen LogP contribution in [0.1, 0.15) is 37.7 Å². The van der Waals surface area contributed by atoms with Crippen LogP contribution < -0.4 is 20.5 Å². The molecule has 0 bridgehead atoms. The molecule has 1 heterocycles. The molecule has 1 aromatic rings. The third-order valence-corrected chi connectivity index (χ3v) is 3.70. The number of amides is 1. The van der Waals surface area contributed by atoms with E-state index < -0.39 is 0 Å². The molecule has 1 aliphatic heterocycles. The topological polar surface area (TPSA) is 73.6 Å². The monoisotopic (exact) mass is 306 g/mol. The number of unbranched alkanes of at least 4 members (excludes halogenated alkanes) is 3. The lowest BCUT2D eigenvalue weighted by molar-refractivity contribution is -0.121. The van der Waals surface area contributed by atoms with Crippen molar-refractivity contribution in [1.82, 2.24) is 5.32 Å². The van der Waals surface area contributed by atoms with E-state index in [4.69, 9.17) is 15.2 Å². The number of carbonyl (C=O) groups is 1. The van der Waals surface area contributed by atoms with Crippen LogP contribution in [0.5, 0.6) is 11.5 Å². The molecule has 0 radical (unpaired) electrons. The van der Waals surface area contributed by atoms with Gasteiger partial charge < -0.3 is 20.5 Å². The summed E-state index contributed by atoms with van der Waals surface area (Å²) in [6.45, 7) is 2.59. The zero-order chi connectivity index (χ0) is 15.6. The van der Waals surface area contributed by atoms with Gasteiger partial charge in [-0.25, -0.2) is 0 Å². The van der Waals surface area contributed by atoms with Gasteiger partial charge in [-0.1, -0.05) is 18.9 Å². The minimum absolute atomic E-state index is 0.130. The van der Waals surface area contributed by atoms with E-state index in [1.54, 1.807) is 0 Å². The first kappa shape index (κ1) is 16.6. The average Bonchev–Trinajstić information content (AvgIpc) is 2.54. The second-order valence-corrected chi connectivity index (χ2v) is 5.53. The first-order chi connectivity index (χ1) is 10.8. The average molecular weight is 306 g/mol. The van der Waals surface area contributed by atoms with Crippen molar-refractivity contribution in [2.75, 3.05) is 26.3 Å². The molecule has 3 N–H and O–H groups in total. The van der Waals surface area contributed by atoms with Crippen LogP contribution in [0, 0.1) is 0 Å². The van der Waals surface area contributed by atoms with Gasteiger partial charge in [-0.05, 0) is 43.5 Å². The molecule has 1 aliphatic rings. The van der Waals surface area contributed by atoms with Gasteiger partial charge in [0.25, 0.3) is 0 Å². The van der Waals surface area contributed by atoms with E-state index in [0.717, 1.165) is 55.7 Å². The highest BCUT2D eigenvalue weighted by atomic mass is 16.6. The molecule has 2 rings (SSSR count). The lowest BCUT2D eigenvalue weighted by Crippen LogP contribution is -2.25. The second-order valence-electron chi connectivity index (χ2n) is 5.53. The standard InChI is InChI=1S/C17H26N2O3/c18-9-4-2-1-3-5-17(20)19-10-8-14-6-7-15-16(13-14)22-12-11-21-15/h6-7,13H,1-5,8-12,18H2,(H,19,20). The number of hydrogen-bond donors (Lipinski definition) is 2. The normalized spacial score (nSPS) is 13.0. The minimum Gasteiger partial charge on any atom is -0.486 e. The number of carbonyl (C=O) groups excluding carboxylic acids is 1.